The Labute approximate surface area is 187 Å². The third-order valence-corrected chi connectivity index (χ3v) is 4.92. The number of carbonyl (C=O) groups is 2. The molecule has 0 unspecified atom stereocenters. The lowest BCUT2D eigenvalue weighted by Crippen LogP contribution is -2.45. The van der Waals surface area contributed by atoms with Gasteiger partial charge in [-0.15, -0.1) is 0 Å². The van der Waals surface area contributed by atoms with Crippen LogP contribution in [0.25, 0.3) is 0 Å². The maximum atomic E-state index is 13.4. The Balaban J connectivity index is 1.91. The molecule has 32 heavy (non-hydrogen) atoms. The van der Waals surface area contributed by atoms with E-state index in [1.807, 2.05) is 55.5 Å². The molecule has 0 aromatic heterocycles. The smallest absolute Gasteiger partial charge is 0.261 e. The summed E-state index contributed by atoms with van der Waals surface area (Å²) in [5.74, 6) is -0.416. The van der Waals surface area contributed by atoms with E-state index in [1.165, 1.54) is 17.0 Å². The first-order valence-corrected chi connectivity index (χ1v) is 10.6. The van der Waals surface area contributed by atoms with Gasteiger partial charge in [0.1, 0.15) is 17.6 Å². The first-order valence-electron chi connectivity index (χ1n) is 10.6. The second-order valence-corrected chi connectivity index (χ2v) is 7.35. The number of benzene rings is 3. The van der Waals surface area contributed by atoms with E-state index >= 15 is 0 Å². The van der Waals surface area contributed by atoms with Gasteiger partial charge in [-0.2, -0.15) is 0 Å². The molecule has 6 heteroatoms. The zero-order valence-corrected chi connectivity index (χ0v) is 18.0. The van der Waals surface area contributed by atoms with Gasteiger partial charge in [-0.3, -0.25) is 9.59 Å². The van der Waals surface area contributed by atoms with Crippen molar-refractivity contribution in [3.8, 4) is 5.75 Å². The van der Waals surface area contributed by atoms with Gasteiger partial charge >= 0.3 is 0 Å². The number of halogens is 1. The third-order valence-electron chi connectivity index (χ3n) is 4.92. The Bertz CT molecular complexity index is 995. The van der Waals surface area contributed by atoms with Crippen molar-refractivity contribution in [2.24, 2.45) is 0 Å². The van der Waals surface area contributed by atoms with Gasteiger partial charge in [-0.05, 0) is 41.8 Å². The highest BCUT2D eigenvalue weighted by Crippen LogP contribution is 2.24. The molecule has 0 aliphatic heterocycles. The number of amides is 2. The van der Waals surface area contributed by atoms with Gasteiger partial charge in [-0.25, -0.2) is 4.39 Å². The molecule has 3 aromatic carbocycles. The third kappa shape index (κ3) is 6.41. The van der Waals surface area contributed by atoms with Crippen molar-refractivity contribution in [3.63, 3.8) is 0 Å². The molecule has 0 heterocycles. The van der Waals surface area contributed by atoms with Crippen molar-refractivity contribution in [2.45, 2.75) is 25.9 Å². The highest BCUT2D eigenvalue weighted by atomic mass is 19.1. The van der Waals surface area contributed by atoms with Gasteiger partial charge in [0, 0.05) is 13.1 Å². The molecule has 2 amide bonds. The molecule has 0 saturated heterocycles. The summed E-state index contributed by atoms with van der Waals surface area (Å²) in [5, 5.41) is 2.90. The van der Waals surface area contributed by atoms with E-state index in [1.54, 1.807) is 24.3 Å². The molecule has 166 valence electrons. The minimum Gasteiger partial charge on any atom is -0.484 e. The maximum absolute atomic E-state index is 13.4. The summed E-state index contributed by atoms with van der Waals surface area (Å²) in [6, 6.07) is 23.2. The quantitative estimate of drug-likeness (QED) is 0.511. The summed E-state index contributed by atoms with van der Waals surface area (Å²) >= 11 is 0. The first kappa shape index (κ1) is 23.0. The topological polar surface area (TPSA) is 58.6 Å². The monoisotopic (exact) mass is 434 g/mol. The highest BCUT2D eigenvalue weighted by molar-refractivity contribution is 5.89. The van der Waals surface area contributed by atoms with Crippen molar-refractivity contribution in [2.75, 3.05) is 13.2 Å². The van der Waals surface area contributed by atoms with Crippen LogP contribution >= 0.6 is 0 Å². The minimum atomic E-state index is -0.848. The molecule has 0 radical (unpaired) electrons. The number of nitrogens with one attached hydrogen (secondary N) is 1. The minimum absolute atomic E-state index is 0.135. The fourth-order valence-corrected chi connectivity index (χ4v) is 3.31. The molecule has 5 nitrogen and oxygen atoms in total. The Morgan fingerprint density at radius 1 is 0.938 bits per heavy atom. The van der Waals surface area contributed by atoms with Crippen LogP contribution in [0, 0.1) is 5.82 Å². The average Bonchev–Trinajstić information content (AvgIpc) is 2.83. The number of para-hydroxylation sites is 1. The molecular formula is C26H27FN2O3. The highest BCUT2D eigenvalue weighted by Gasteiger charge is 2.31. The lowest BCUT2D eigenvalue weighted by Gasteiger charge is -2.31. The first-order chi connectivity index (χ1) is 15.6. The van der Waals surface area contributed by atoms with Gasteiger partial charge in [0.2, 0.25) is 5.91 Å². The van der Waals surface area contributed by atoms with Gasteiger partial charge in [0.15, 0.2) is 6.61 Å². The van der Waals surface area contributed by atoms with Crippen LogP contribution < -0.4 is 10.1 Å². The SMILES string of the molecule is CCCNC(=O)[C@H](c1ccccc1)N(Cc1ccc(F)cc1)C(=O)COc1ccccc1. The summed E-state index contributed by atoms with van der Waals surface area (Å²) < 4.78 is 19.1. The standard InChI is InChI=1S/C26H27FN2O3/c1-2-17-28-26(31)25(21-9-5-3-6-10-21)29(18-20-13-15-22(27)16-14-20)24(30)19-32-23-11-7-4-8-12-23/h3-16,25H,2,17-19H2,1H3,(H,28,31)/t25-/m0/s1. The summed E-state index contributed by atoms with van der Waals surface area (Å²) in [6.07, 6.45) is 0.774. The van der Waals surface area contributed by atoms with Crippen LogP contribution in [0.5, 0.6) is 5.75 Å². The molecule has 1 atom stereocenters. The van der Waals surface area contributed by atoms with Crippen molar-refractivity contribution in [3.05, 3.63) is 102 Å². The normalized spacial score (nSPS) is 11.4. The van der Waals surface area contributed by atoms with E-state index in [9.17, 15) is 14.0 Å². The van der Waals surface area contributed by atoms with Crippen LogP contribution in [-0.2, 0) is 16.1 Å². The zero-order chi connectivity index (χ0) is 22.8. The molecule has 3 rings (SSSR count). The van der Waals surface area contributed by atoms with Crippen LogP contribution in [0.4, 0.5) is 4.39 Å². The number of rotatable bonds is 10. The molecule has 0 bridgehead atoms. The van der Waals surface area contributed by atoms with E-state index in [4.69, 9.17) is 4.74 Å². The number of nitrogens with zero attached hydrogens (tertiary/aromatic N) is 1. The fourth-order valence-electron chi connectivity index (χ4n) is 3.31. The van der Waals surface area contributed by atoms with Gasteiger partial charge < -0.3 is 15.0 Å². The van der Waals surface area contributed by atoms with Crippen LogP contribution in [-0.4, -0.2) is 29.9 Å². The molecule has 0 spiro atoms. The zero-order valence-electron chi connectivity index (χ0n) is 18.0. The van der Waals surface area contributed by atoms with E-state index in [2.05, 4.69) is 5.32 Å². The number of ether oxygens (including phenoxy) is 1. The van der Waals surface area contributed by atoms with Crippen molar-refractivity contribution >= 4 is 11.8 Å². The van der Waals surface area contributed by atoms with Gasteiger partial charge in [0.25, 0.3) is 5.91 Å². The largest absolute Gasteiger partial charge is 0.484 e. The lowest BCUT2D eigenvalue weighted by molar-refractivity contribution is -0.143. The van der Waals surface area contributed by atoms with E-state index < -0.39 is 6.04 Å². The number of hydrogen-bond donors (Lipinski definition) is 1. The second-order valence-electron chi connectivity index (χ2n) is 7.35. The fraction of sp³-hybridized carbons (Fsp3) is 0.231. The predicted molar refractivity (Wildman–Crippen MR) is 121 cm³/mol. The molecule has 0 saturated carbocycles. The summed E-state index contributed by atoms with van der Waals surface area (Å²) in [7, 11) is 0. The Morgan fingerprint density at radius 3 is 2.19 bits per heavy atom. The lowest BCUT2D eigenvalue weighted by atomic mass is 10.0. The molecule has 1 N–H and O–H groups in total. The van der Waals surface area contributed by atoms with Crippen LogP contribution in [0.15, 0.2) is 84.9 Å². The molecule has 0 aliphatic rings. The summed E-state index contributed by atoms with van der Waals surface area (Å²) in [6.45, 7) is 2.38. The van der Waals surface area contributed by atoms with Crippen LogP contribution in [0.2, 0.25) is 0 Å². The van der Waals surface area contributed by atoms with Crippen molar-refractivity contribution < 1.29 is 18.7 Å². The second kappa shape index (κ2) is 11.6. The maximum Gasteiger partial charge on any atom is 0.261 e. The van der Waals surface area contributed by atoms with Crippen molar-refractivity contribution in [1.82, 2.24) is 10.2 Å². The molecule has 3 aromatic rings. The molecule has 0 aliphatic carbocycles. The average molecular weight is 435 g/mol. The Kier molecular flexibility index (Phi) is 8.37. The van der Waals surface area contributed by atoms with Crippen LogP contribution in [0.1, 0.15) is 30.5 Å². The van der Waals surface area contributed by atoms with E-state index in [0.717, 1.165) is 6.42 Å². The van der Waals surface area contributed by atoms with E-state index in [0.29, 0.717) is 23.4 Å². The number of hydrogen-bond acceptors (Lipinski definition) is 3. The van der Waals surface area contributed by atoms with Gasteiger partial charge in [0.05, 0.1) is 0 Å². The molecule has 0 fully saturated rings. The number of carbonyl (C=O) groups excluding carboxylic acids is 2. The van der Waals surface area contributed by atoms with Gasteiger partial charge in [-0.1, -0.05) is 67.6 Å². The van der Waals surface area contributed by atoms with Crippen molar-refractivity contribution in [1.29, 1.82) is 0 Å². The molecular weight excluding hydrogens is 407 g/mol. The van der Waals surface area contributed by atoms with Crippen LogP contribution in [0.3, 0.4) is 0 Å². The Morgan fingerprint density at radius 2 is 1.56 bits per heavy atom. The van der Waals surface area contributed by atoms with E-state index in [-0.39, 0.29) is 30.8 Å². The Hall–Kier alpha value is -3.67. The summed E-state index contributed by atoms with van der Waals surface area (Å²) in [4.78, 5) is 28.0. The predicted octanol–water partition coefficient (Wildman–Crippen LogP) is 4.50. The summed E-state index contributed by atoms with van der Waals surface area (Å²) in [5.41, 5.74) is 1.40.